The number of benzene rings is 1. The van der Waals surface area contributed by atoms with Crippen LogP contribution in [0.5, 0.6) is 11.5 Å². The molecule has 3 rings (SSSR count). The number of amides is 1. The van der Waals surface area contributed by atoms with Crippen LogP contribution in [-0.4, -0.2) is 19.1 Å². The Labute approximate surface area is 198 Å². The third kappa shape index (κ3) is 5.45. The molecule has 1 aliphatic carbocycles. The van der Waals surface area contributed by atoms with Crippen molar-refractivity contribution in [1.29, 1.82) is 10.5 Å². The van der Waals surface area contributed by atoms with Crippen molar-refractivity contribution in [2.45, 2.75) is 46.0 Å². The molecule has 1 aromatic carbocycles. The van der Waals surface area contributed by atoms with Crippen LogP contribution in [0.1, 0.15) is 53.8 Å². The van der Waals surface area contributed by atoms with Gasteiger partial charge in [-0.1, -0.05) is 6.08 Å². The first kappa shape index (κ1) is 24.1. The molecule has 0 atom stereocenters. The topological polar surface area (TPSA) is 95.1 Å². The zero-order chi connectivity index (χ0) is 23.8. The van der Waals surface area contributed by atoms with Crippen LogP contribution >= 0.6 is 11.3 Å². The summed E-state index contributed by atoms with van der Waals surface area (Å²) in [6.45, 7) is 8.52. The lowest BCUT2D eigenvalue weighted by Crippen LogP contribution is -2.13. The number of ether oxygens (including phenoxy) is 2. The van der Waals surface area contributed by atoms with Crippen LogP contribution in [0.3, 0.4) is 0 Å². The number of nitriles is 2. The lowest BCUT2D eigenvalue weighted by Gasteiger charge is -2.16. The van der Waals surface area contributed by atoms with E-state index in [1.165, 1.54) is 17.4 Å². The molecule has 0 aliphatic heterocycles. The van der Waals surface area contributed by atoms with E-state index in [-0.39, 0.29) is 5.57 Å². The Morgan fingerprint density at radius 3 is 2.64 bits per heavy atom. The first-order valence-corrected chi connectivity index (χ1v) is 11.9. The lowest BCUT2D eigenvalue weighted by molar-refractivity contribution is -0.112. The van der Waals surface area contributed by atoms with Crippen molar-refractivity contribution in [2.24, 2.45) is 0 Å². The van der Waals surface area contributed by atoms with Gasteiger partial charge in [-0.05, 0) is 75.3 Å². The zero-order valence-corrected chi connectivity index (χ0v) is 19.8. The molecule has 6 nitrogen and oxygen atoms in total. The molecule has 0 unspecified atom stereocenters. The second-order valence-corrected chi connectivity index (χ2v) is 8.62. The van der Waals surface area contributed by atoms with E-state index in [9.17, 15) is 15.3 Å². The van der Waals surface area contributed by atoms with Crippen molar-refractivity contribution < 1.29 is 14.3 Å². The molecule has 1 aromatic heterocycles. The molecule has 1 aliphatic rings. The summed E-state index contributed by atoms with van der Waals surface area (Å²) in [6.07, 6.45) is 7.75. The highest BCUT2D eigenvalue weighted by molar-refractivity contribution is 7.16. The van der Waals surface area contributed by atoms with Crippen LogP contribution in [0.4, 0.5) is 5.00 Å². The first-order valence-electron chi connectivity index (χ1n) is 11.1. The Balaban J connectivity index is 1.95. The summed E-state index contributed by atoms with van der Waals surface area (Å²) < 4.78 is 11.5. The maximum atomic E-state index is 12.9. The van der Waals surface area contributed by atoms with Crippen LogP contribution < -0.4 is 14.8 Å². The molecule has 1 heterocycles. The number of thiophene rings is 1. The van der Waals surface area contributed by atoms with E-state index in [0.29, 0.717) is 47.3 Å². The number of anilines is 1. The van der Waals surface area contributed by atoms with Gasteiger partial charge in [-0.25, -0.2) is 0 Å². The van der Waals surface area contributed by atoms with Crippen molar-refractivity contribution in [1.82, 2.24) is 0 Å². The van der Waals surface area contributed by atoms with Crippen LogP contribution in [0.15, 0.2) is 30.4 Å². The van der Waals surface area contributed by atoms with Crippen molar-refractivity contribution in [2.75, 3.05) is 18.5 Å². The van der Waals surface area contributed by atoms with E-state index in [4.69, 9.17) is 9.47 Å². The molecule has 170 valence electrons. The Kier molecular flexibility index (Phi) is 8.29. The molecule has 0 spiro atoms. The van der Waals surface area contributed by atoms with Gasteiger partial charge >= 0.3 is 0 Å². The van der Waals surface area contributed by atoms with Crippen LogP contribution in [0, 0.1) is 22.7 Å². The maximum absolute atomic E-state index is 12.9. The number of aryl methyl sites for hydroxylation is 1. The van der Waals surface area contributed by atoms with E-state index in [1.54, 1.807) is 12.1 Å². The number of rotatable bonds is 9. The van der Waals surface area contributed by atoms with Gasteiger partial charge in [0.2, 0.25) is 0 Å². The minimum absolute atomic E-state index is 0.0542. The second kappa shape index (κ2) is 11.4. The van der Waals surface area contributed by atoms with Gasteiger partial charge in [-0.2, -0.15) is 10.5 Å². The van der Waals surface area contributed by atoms with Crippen LogP contribution in [-0.2, 0) is 24.1 Å². The summed E-state index contributed by atoms with van der Waals surface area (Å²) in [5, 5.41) is 22.6. The largest absolute Gasteiger partial charge is 0.490 e. The third-order valence-electron chi connectivity index (χ3n) is 5.29. The second-order valence-electron chi connectivity index (χ2n) is 7.52. The molecule has 7 heteroatoms. The maximum Gasteiger partial charge on any atom is 0.266 e. The summed E-state index contributed by atoms with van der Waals surface area (Å²) in [6, 6.07) is 7.85. The monoisotopic (exact) mass is 461 g/mol. The van der Waals surface area contributed by atoms with Gasteiger partial charge in [0.05, 0.1) is 18.8 Å². The van der Waals surface area contributed by atoms with E-state index in [0.717, 1.165) is 41.7 Å². The van der Waals surface area contributed by atoms with E-state index < -0.39 is 5.91 Å². The Bertz CT molecular complexity index is 1160. The fraction of sp³-hybridized carbons (Fsp3) is 0.346. The normalized spacial score (nSPS) is 12.8. The Morgan fingerprint density at radius 1 is 1.21 bits per heavy atom. The minimum Gasteiger partial charge on any atom is -0.490 e. The lowest BCUT2D eigenvalue weighted by atomic mass is 9.96. The van der Waals surface area contributed by atoms with Gasteiger partial charge < -0.3 is 14.8 Å². The van der Waals surface area contributed by atoms with E-state index in [1.807, 2.05) is 26.0 Å². The number of hydrogen-bond acceptors (Lipinski definition) is 6. The van der Waals surface area contributed by atoms with Gasteiger partial charge in [-0.3, -0.25) is 4.79 Å². The van der Waals surface area contributed by atoms with Gasteiger partial charge in [0, 0.05) is 10.4 Å². The summed E-state index contributed by atoms with van der Waals surface area (Å²) in [4.78, 5) is 14.1. The number of nitrogens with zero attached hydrogens (tertiary/aromatic N) is 2. The van der Waals surface area contributed by atoms with Gasteiger partial charge in [0.25, 0.3) is 5.91 Å². The molecule has 2 aromatic rings. The number of fused-ring (bicyclic) bond motifs is 1. The van der Waals surface area contributed by atoms with Crippen LogP contribution in [0.2, 0.25) is 0 Å². The standard InChI is InChI=1S/C26H27N3O3S/c1-4-9-18-12-17(14-22(31-5-2)24(18)32-6-3)13-19(15-27)25(30)29-26-21(16-28)20-10-7-8-11-23(20)33-26/h4,12-14H,1,5-11H2,2-3H3,(H,29,30)/b19-13+. The molecule has 0 radical (unpaired) electrons. The number of hydrogen-bond donors (Lipinski definition) is 1. The predicted molar refractivity (Wildman–Crippen MR) is 131 cm³/mol. The SMILES string of the molecule is C=CCc1cc(/C=C(\C#N)C(=O)Nc2sc3c(c2C#N)CCCC3)cc(OCC)c1OCC. The highest BCUT2D eigenvalue weighted by Crippen LogP contribution is 2.38. The predicted octanol–water partition coefficient (Wildman–Crippen LogP) is 5.57. The molecule has 0 saturated heterocycles. The number of allylic oxidation sites excluding steroid dienone is 1. The minimum atomic E-state index is -0.537. The van der Waals surface area contributed by atoms with Crippen LogP contribution in [0.25, 0.3) is 6.08 Å². The highest BCUT2D eigenvalue weighted by Gasteiger charge is 2.23. The quantitative estimate of drug-likeness (QED) is 0.299. The molecule has 0 bridgehead atoms. The smallest absolute Gasteiger partial charge is 0.266 e. The Morgan fingerprint density at radius 2 is 1.97 bits per heavy atom. The molecule has 1 amide bonds. The van der Waals surface area contributed by atoms with Crippen molar-refractivity contribution >= 4 is 28.3 Å². The fourth-order valence-corrected chi connectivity index (χ4v) is 5.14. The molecular formula is C26H27N3O3S. The van der Waals surface area contributed by atoms with Crippen molar-refractivity contribution in [3.8, 4) is 23.6 Å². The van der Waals surface area contributed by atoms with Gasteiger partial charge in [0.15, 0.2) is 11.5 Å². The van der Waals surface area contributed by atoms with Crippen molar-refractivity contribution in [3.05, 3.63) is 57.5 Å². The molecular weight excluding hydrogens is 434 g/mol. The summed E-state index contributed by atoms with van der Waals surface area (Å²) in [5.74, 6) is 0.659. The summed E-state index contributed by atoms with van der Waals surface area (Å²) >= 11 is 1.44. The molecule has 33 heavy (non-hydrogen) atoms. The summed E-state index contributed by atoms with van der Waals surface area (Å²) in [7, 11) is 0. The average Bonchev–Trinajstić information content (AvgIpc) is 3.16. The van der Waals surface area contributed by atoms with E-state index >= 15 is 0 Å². The fourth-order valence-electron chi connectivity index (χ4n) is 3.90. The molecule has 1 N–H and O–H groups in total. The van der Waals surface area contributed by atoms with E-state index in [2.05, 4.69) is 18.0 Å². The third-order valence-corrected chi connectivity index (χ3v) is 6.50. The number of carbonyl (C=O) groups is 1. The molecule has 0 saturated carbocycles. The van der Waals surface area contributed by atoms with Gasteiger partial charge in [0.1, 0.15) is 22.7 Å². The molecule has 0 fully saturated rings. The highest BCUT2D eigenvalue weighted by atomic mass is 32.1. The average molecular weight is 462 g/mol. The Hall–Kier alpha value is -3.55. The summed E-state index contributed by atoms with van der Waals surface area (Å²) in [5.41, 5.74) is 3.01. The first-order chi connectivity index (χ1) is 16.1. The number of nitrogens with one attached hydrogen (secondary N) is 1. The van der Waals surface area contributed by atoms with Gasteiger partial charge in [-0.15, -0.1) is 17.9 Å². The van der Waals surface area contributed by atoms with Crippen molar-refractivity contribution in [3.63, 3.8) is 0 Å². The number of carbonyl (C=O) groups excluding carboxylic acids is 1. The zero-order valence-electron chi connectivity index (χ0n) is 19.0.